The van der Waals surface area contributed by atoms with Crippen molar-refractivity contribution in [2.24, 2.45) is 5.73 Å². The van der Waals surface area contributed by atoms with Crippen molar-refractivity contribution in [3.8, 4) is 0 Å². The van der Waals surface area contributed by atoms with Gasteiger partial charge in [0.25, 0.3) is 0 Å². The molecule has 0 aliphatic carbocycles. The van der Waals surface area contributed by atoms with E-state index in [1.54, 1.807) is 11.3 Å². The van der Waals surface area contributed by atoms with Crippen molar-refractivity contribution in [2.75, 3.05) is 7.05 Å². The van der Waals surface area contributed by atoms with Crippen LogP contribution in [0.2, 0.25) is 0 Å². The van der Waals surface area contributed by atoms with Gasteiger partial charge in [0.15, 0.2) is 0 Å². The molecule has 0 radical (unpaired) electrons. The molecule has 0 saturated carbocycles. The van der Waals surface area contributed by atoms with Crippen LogP contribution in [0.15, 0.2) is 29.9 Å². The zero-order chi connectivity index (χ0) is 14.5. The fraction of sp³-hybridized carbons (Fsp3) is 0.467. The number of rotatable bonds is 6. The van der Waals surface area contributed by atoms with E-state index < -0.39 is 0 Å². The van der Waals surface area contributed by atoms with E-state index in [0.29, 0.717) is 0 Å². The molecule has 2 aromatic heterocycles. The van der Waals surface area contributed by atoms with Crippen LogP contribution in [0.1, 0.15) is 35.7 Å². The third kappa shape index (κ3) is 3.62. The van der Waals surface area contributed by atoms with Gasteiger partial charge in [-0.25, -0.2) is 4.98 Å². The van der Waals surface area contributed by atoms with E-state index in [2.05, 4.69) is 34.2 Å². The van der Waals surface area contributed by atoms with Crippen LogP contribution in [-0.2, 0) is 6.54 Å². The minimum absolute atomic E-state index is 0.0992. The SMILES string of the molecule is CCC(N)C(c1ccncc1)N(C)Cc1csc(C)n1. The molecule has 0 aliphatic heterocycles. The fourth-order valence-electron chi connectivity index (χ4n) is 2.45. The summed E-state index contributed by atoms with van der Waals surface area (Å²) < 4.78 is 0. The molecule has 0 amide bonds. The van der Waals surface area contributed by atoms with Gasteiger partial charge in [-0.2, -0.15) is 0 Å². The lowest BCUT2D eigenvalue weighted by Gasteiger charge is -2.32. The molecule has 2 N–H and O–H groups in total. The highest BCUT2D eigenvalue weighted by molar-refractivity contribution is 7.09. The normalized spacial score (nSPS) is 14.4. The fourth-order valence-corrected chi connectivity index (χ4v) is 3.05. The molecule has 0 bridgehead atoms. The largest absolute Gasteiger partial charge is 0.326 e. The number of pyridine rings is 1. The highest BCUT2D eigenvalue weighted by Gasteiger charge is 2.23. The number of aryl methyl sites for hydroxylation is 1. The maximum absolute atomic E-state index is 6.33. The third-order valence-corrected chi connectivity index (χ3v) is 4.30. The first kappa shape index (κ1) is 15.1. The lowest BCUT2D eigenvalue weighted by molar-refractivity contribution is 0.200. The lowest BCUT2D eigenvalue weighted by Crippen LogP contribution is -2.38. The first-order valence-electron chi connectivity index (χ1n) is 6.88. The van der Waals surface area contributed by atoms with Gasteiger partial charge < -0.3 is 5.73 Å². The lowest BCUT2D eigenvalue weighted by atomic mass is 9.97. The Kier molecular flexibility index (Phi) is 5.23. The smallest absolute Gasteiger partial charge is 0.0897 e. The second-order valence-electron chi connectivity index (χ2n) is 5.07. The Bertz CT molecular complexity index is 526. The van der Waals surface area contributed by atoms with Gasteiger partial charge in [-0.05, 0) is 38.1 Å². The molecular formula is C15H22N4S. The van der Waals surface area contributed by atoms with Gasteiger partial charge >= 0.3 is 0 Å². The van der Waals surface area contributed by atoms with Gasteiger partial charge in [-0.15, -0.1) is 11.3 Å². The summed E-state index contributed by atoms with van der Waals surface area (Å²) in [5, 5.41) is 3.22. The number of nitrogens with zero attached hydrogens (tertiary/aromatic N) is 3. The number of hydrogen-bond donors (Lipinski definition) is 1. The molecule has 5 heteroatoms. The number of aromatic nitrogens is 2. The van der Waals surface area contributed by atoms with Crippen molar-refractivity contribution in [1.82, 2.24) is 14.9 Å². The molecule has 2 aromatic rings. The van der Waals surface area contributed by atoms with Crippen molar-refractivity contribution in [3.05, 3.63) is 46.2 Å². The minimum Gasteiger partial charge on any atom is -0.326 e. The maximum atomic E-state index is 6.33. The van der Waals surface area contributed by atoms with Crippen molar-refractivity contribution in [2.45, 2.75) is 38.9 Å². The van der Waals surface area contributed by atoms with Crippen LogP contribution in [0.4, 0.5) is 0 Å². The Labute approximate surface area is 124 Å². The van der Waals surface area contributed by atoms with Gasteiger partial charge in [-0.3, -0.25) is 9.88 Å². The topological polar surface area (TPSA) is 55.0 Å². The number of nitrogens with two attached hydrogens (primary N) is 1. The second kappa shape index (κ2) is 6.92. The highest BCUT2D eigenvalue weighted by atomic mass is 32.1. The summed E-state index contributed by atoms with van der Waals surface area (Å²) in [6.07, 6.45) is 4.59. The summed E-state index contributed by atoms with van der Waals surface area (Å²) in [5.74, 6) is 0. The van der Waals surface area contributed by atoms with Crippen LogP contribution in [0, 0.1) is 6.92 Å². The van der Waals surface area contributed by atoms with E-state index in [1.165, 1.54) is 5.56 Å². The molecule has 0 fully saturated rings. The summed E-state index contributed by atoms with van der Waals surface area (Å²) in [6.45, 7) is 4.97. The standard InChI is InChI=1S/C15H22N4S/c1-4-14(16)15(12-5-7-17-8-6-12)19(3)9-13-10-20-11(2)18-13/h5-8,10,14-15H,4,9,16H2,1-3H3. The minimum atomic E-state index is 0.0992. The van der Waals surface area contributed by atoms with E-state index >= 15 is 0 Å². The molecule has 20 heavy (non-hydrogen) atoms. The Morgan fingerprint density at radius 2 is 2.05 bits per heavy atom. The zero-order valence-corrected chi connectivity index (χ0v) is 13.1. The Hall–Kier alpha value is -1.30. The van der Waals surface area contributed by atoms with E-state index in [4.69, 9.17) is 5.73 Å². The number of hydrogen-bond acceptors (Lipinski definition) is 5. The predicted molar refractivity (Wildman–Crippen MR) is 83.6 cm³/mol. The van der Waals surface area contributed by atoms with Crippen LogP contribution in [-0.4, -0.2) is 28.0 Å². The maximum Gasteiger partial charge on any atom is 0.0897 e. The average Bonchev–Trinajstić information content (AvgIpc) is 2.85. The molecule has 0 aromatic carbocycles. The highest BCUT2D eigenvalue weighted by Crippen LogP contribution is 2.25. The van der Waals surface area contributed by atoms with Gasteiger partial charge in [0, 0.05) is 30.4 Å². The van der Waals surface area contributed by atoms with Crippen LogP contribution < -0.4 is 5.73 Å². The van der Waals surface area contributed by atoms with Crippen molar-refractivity contribution in [1.29, 1.82) is 0 Å². The molecule has 2 atom stereocenters. The summed E-state index contributed by atoms with van der Waals surface area (Å²) in [6, 6.07) is 4.37. The van der Waals surface area contributed by atoms with Crippen LogP contribution in [0.3, 0.4) is 0 Å². The first-order chi connectivity index (χ1) is 9.61. The second-order valence-corrected chi connectivity index (χ2v) is 6.13. The molecule has 2 unspecified atom stereocenters. The van der Waals surface area contributed by atoms with E-state index in [9.17, 15) is 0 Å². The Balaban J connectivity index is 2.18. The summed E-state index contributed by atoms with van der Waals surface area (Å²) in [5.41, 5.74) is 8.65. The molecule has 0 spiro atoms. The van der Waals surface area contributed by atoms with E-state index in [-0.39, 0.29) is 12.1 Å². The van der Waals surface area contributed by atoms with Gasteiger partial charge in [0.05, 0.1) is 16.7 Å². The molecule has 0 aliphatic rings. The average molecular weight is 290 g/mol. The van der Waals surface area contributed by atoms with Gasteiger partial charge in [0.1, 0.15) is 0 Å². The molecule has 108 valence electrons. The molecule has 2 rings (SSSR count). The van der Waals surface area contributed by atoms with E-state index in [0.717, 1.165) is 23.7 Å². The zero-order valence-electron chi connectivity index (χ0n) is 12.3. The van der Waals surface area contributed by atoms with Crippen LogP contribution in [0.5, 0.6) is 0 Å². The summed E-state index contributed by atoms with van der Waals surface area (Å²) in [4.78, 5) is 10.9. The third-order valence-electron chi connectivity index (χ3n) is 3.48. The van der Waals surface area contributed by atoms with Gasteiger partial charge in [0.2, 0.25) is 0 Å². The van der Waals surface area contributed by atoms with Gasteiger partial charge in [-0.1, -0.05) is 6.92 Å². The van der Waals surface area contributed by atoms with E-state index in [1.807, 2.05) is 31.5 Å². The van der Waals surface area contributed by atoms with Crippen molar-refractivity contribution >= 4 is 11.3 Å². The number of thiazole rings is 1. The number of likely N-dealkylation sites (N-methyl/N-ethyl adjacent to an activating group) is 1. The molecule has 0 saturated heterocycles. The van der Waals surface area contributed by atoms with Crippen molar-refractivity contribution < 1.29 is 0 Å². The molecule has 2 heterocycles. The summed E-state index contributed by atoms with van der Waals surface area (Å²) in [7, 11) is 2.11. The van der Waals surface area contributed by atoms with Crippen LogP contribution in [0.25, 0.3) is 0 Å². The predicted octanol–water partition coefficient (Wildman–Crippen LogP) is 2.76. The molecular weight excluding hydrogens is 268 g/mol. The Morgan fingerprint density at radius 3 is 2.60 bits per heavy atom. The first-order valence-corrected chi connectivity index (χ1v) is 7.76. The van der Waals surface area contributed by atoms with Crippen molar-refractivity contribution in [3.63, 3.8) is 0 Å². The molecule has 4 nitrogen and oxygen atoms in total. The summed E-state index contributed by atoms with van der Waals surface area (Å²) >= 11 is 1.69. The van der Waals surface area contributed by atoms with Crippen LogP contribution >= 0.6 is 11.3 Å². The Morgan fingerprint density at radius 1 is 1.35 bits per heavy atom. The monoisotopic (exact) mass is 290 g/mol. The quantitative estimate of drug-likeness (QED) is 0.889.